The first-order valence-electron chi connectivity index (χ1n) is 6.21. The first-order valence-corrected chi connectivity index (χ1v) is 7.03. The number of thiazole rings is 1. The molecule has 0 saturated carbocycles. The average Bonchev–Trinajstić information content (AvgIpc) is 2.70. The van der Waals surface area contributed by atoms with Gasteiger partial charge in [0.05, 0.1) is 16.8 Å². The quantitative estimate of drug-likeness (QED) is 0.902. The Balaban J connectivity index is 1.78. The highest BCUT2D eigenvalue weighted by Gasteiger charge is 2.17. The van der Waals surface area contributed by atoms with E-state index in [1.54, 1.807) is 23.5 Å². The average molecular weight is 265 g/mol. The van der Waals surface area contributed by atoms with E-state index >= 15 is 0 Å². The summed E-state index contributed by atoms with van der Waals surface area (Å²) in [6.45, 7) is 6.19. The molecule has 96 valence electrons. The number of benzene rings is 1. The fourth-order valence-electron chi connectivity index (χ4n) is 2.36. The van der Waals surface area contributed by atoms with Crippen LogP contribution in [0.25, 0.3) is 10.2 Å². The zero-order chi connectivity index (χ0) is 12.5. The molecule has 1 aromatic carbocycles. The molecule has 1 aliphatic heterocycles. The lowest BCUT2D eigenvalue weighted by molar-refractivity contribution is 0.199. The number of rotatable bonds is 2. The van der Waals surface area contributed by atoms with E-state index in [-0.39, 0.29) is 5.82 Å². The molecule has 1 saturated heterocycles. The molecule has 5 heteroatoms. The Morgan fingerprint density at radius 3 is 3.28 bits per heavy atom. The molecule has 0 radical (unpaired) electrons. The van der Waals surface area contributed by atoms with Gasteiger partial charge in [-0.05, 0) is 25.1 Å². The lowest BCUT2D eigenvalue weighted by atomic mass is 10.2. The standard InChI is InChI=1S/C13H16FN3S/c1-9-7-17(5-4-15-9)8-13-16-11-3-2-10(14)6-12(11)18-13/h2-3,6,9,15H,4-5,7-8H2,1H3/t9-/m1/s1. The monoisotopic (exact) mass is 265 g/mol. The summed E-state index contributed by atoms with van der Waals surface area (Å²) in [4.78, 5) is 6.96. The van der Waals surface area contributed by atoms with Crippen LogP contribution in [-0.2, 0) is 6.54 Å². The van der Waals surface area contributed by atoms with E-state index in [2.05, 4.69) is 22.1 Å². The fraction of sp³-hybridized carbons (Fsp3) is 0.462. The van der Waals surface area contributed by atoms with Crippen molar-refractivity contribution >= 4 is 21.6 Å². The summed E-state index contributed by atoms with van der Waals surface area (Å²) in [5.74, 6) is -0.187. The molecule has 2 aromatic rings. The molecule has 3 nitrogen and oxygen atoms in total. The zero-order valence-electron chi connectivity index (χ0n) is 10.3. The van der Waals surface area contributed by atoms with Gasteiger partial charge in [0, 0.05) is 25.7 Å². The SMILES string of the molecule is C[C@@H]1CN(Cc2nc3ccc(F)cc3s2)CCN1. The lowest BCUT2D eigenvalue weighted by Gasteiger charge is -2.31. The van der Waals surface area contributed by atoms with Gasteiger partial charge in [0.15, 0.2) is 0 Å². The van der Waals surface area contributed by atoms with Gasteiger partial charge in [-0.2, -0.15) is 0 Å². The molecule has 1 atom stereocenters. The molecular formula is C13H16FN3S. The van der Waals surface area contributed by atoms with Gasteiger partial charge in [-0.3, -0.25) is 4.90 Å². The van der Waals surface area contributed by atoms with Gasteiger partial charge in [0.25, 0.3) is 0 Å². The summed E-state index contributed by atoms with van der Waals surface area (Å²) < 4.78 is 14.1. The van der Waals surface area contributed by atoms with E-state index in [1.165, 1.54) is 6.07 Å². The van der Waals surface area contributed by atoms with Gasteiger partial charge in [-0.1, -0.05) is 0 Å². The number of hydrogen-bond donors (Lipinski definition) is 1. The van der Waals surface area contributed by atoms with Crippen molar-refractivity contribution in [3.8, 4) is 0 Å². The van der Waals surface area contributed by atoms with E-state index < -0.39 is 0 Å². The molecule has 0 bridgehead atoms. The predicted octanol–water partition coefficient (Wildman–Crippen LogP) is 2.23. The number of nitrogens with one attached hydrogen (secondary N) is 1. The van der Waals surface area contributed by atoms with Gasteiger partial charge in [0.2, 0.25) is 0 Å². The van der Waals surface area contributed by atoms with Crippen LogP contribution in [0.15, 0.2) is 18.2 Å². The number of halogens is 1. The maximum Gasteiger partial charge on any atom is 0.124 e. The van der Waals surface area contributed by atoms with Crippen LogP contribution in [0.3, 0.4) is 0 Å². The van der Waals surface area contributed by atoms with Crippen molar-refractivity contribution in [2.24, 2.45) is 0 Å². The normalized spacial score (nSPS) is 21.6. The number of fused-ring (bicyclic) bond motifs is 1. The van der Waals surface area contributed by atoms with E-state index in [9.17, 15) is 4.39 Å². The highest BCUT2D eigenvalue weighted by atomic mass is 32.1. The van der Waals surface area contributed by atoms with E-state index in [0.29, 0.717) is 6.04 Å². The number of piperazine rings is 1. The fourth-order valence-corrected chi connectivity index (χ4v) is 3.40. The Morgan fingerprint density at radius 2 is 2.44 bits per heavy atom. The van der Waals surface area contributed by atoms with Crippen molar-refractivity contribution in [3.63, 3.8) is 0 Å². The Labute approximate surface area is 110 Å². The zero-order valence-corrected chi connectivity index (χ0v) is 11.1. The summed E-state index contributed by atoms with van der Waals surface area (Å²) in [5.41, 5.74) is 0.902. The maximum absolute atomic E-state index is 13.1. The molecule has 18 heavy (non-hydrogen) atoms. The predicted molar refractivity (Wildman–Crippen MR) is 72.3 cm³/mol. The largest absolute Gasteiger partial charge is 0.312 e. The van der Waals surface area contributed by atoms with Crippen LogP contribution in [0, 0.1) is 5.82 Å². The number of nitrogens with zero attached hydrogens (tertiary/aromatic N) is 2. The Bertz CT molecular complexity index is 554. The van der Waals surface area contributed by atoms with Crippen LogP contribution in [0.1, 0.15) is 11.9 Å². The van der Waals surface area contributed by atoms with Crippen LogP contribution in [0.5, 0.6) is 0 Å². The molecular weight excluding hydrogens is 249 g/mol. The number of hydrogen-bond acceptors (Lipinski definition) is 4. The van der Waals surface area contributed by atoms with Crippen molar-refractivity contribution < 1.29 is 4.39 Å². The third-order valence-corrected chi connectivity index (χ3v) is 4.21. The van der Waals surface area contributed by atoms with Crippen LogP contribution in [0.4, 0.5) is 4.39 Å². The summed E-state index contributed by atoms with van der Waals surface area (Å²) in [6.07, 6.45) is 0. The van der Waals surface area contributed by atoms with Gasteiger partial charge in [0.1, 0.15) is 10.8 Å². The Kier molecular flexibility index (Phi) is 3.28. The topological polar surface area (TPSA) is 28.2 Å². The van der Waals surface area contributed by atoms with E-state index in [4.69, 9.17) is 0 Å². The summed E-state index contributed by atoms with van der Waals surface area (Å²) >= 11 is 1.59. The van der Waals surface area contributed by atoms with Gasteiger partial charge < -0.3 is 5.32 Å². The van der Waals surface area contributed by atoms with Crippen LogP contribution in [0.2, 0.25) is 0 Å². The molecule has 0 spiro atoms. The molecule has 1 fully saturated rings. The number of aromatic nitrogens is 1. The molecule has 1 aliphatic rings. The van der Waals surface area contributed by atoms with Crippen molar-refractivity contribution in [1.82, 2.24) is 15.2 Å². The highest BCUT2D eigenvalue weighted by molar-refractivity contribution is 7.18. The maximum atomic E-state index is 13.1. The lowest BCUT2D eigenvalue weighted by Crippen LogP contribution is -2.48. The molecule has 2 heterocycles. The van der Waals surface area contributed by atoms with Crippen LogP contribution in [-0.4, -0.2) is 35.6 Å². The Morgan fingerprint density at radius 1 is 1.56 bits per heavy atom. The minimum Gasteiger partial charge on any atom is -0.312 e. The van der Waals surface area contributed by atoms with Crippen molar-refractivity contribution in [2.45, 2.75) is 19.5 Å². The second kappa shape index (κ2) is 4.91. The molecule has 3 rings (SSSR count). The van der Waals surface area contributed by atoms with Crippen LogP contribution >= 0.6 is 11.3 Å². The van der Waals surface area contributed by atoms with E-state index in [1.807, 2.05) is 0 Å². The van der Waals surface area contributed by atoms with Gasteiger partial charge in [-0.25, -0.2) is 9.37 Å². The van der Waals surface area contributed by atoms with Crippen molar-refractivity contribution in [2.75, 3.05) is 19.6 Å². The molecule has 0 amide bonds. The molecule has 0 unspecified atom stereocenters. The smallest absolute Gasteiger partial charge is 0.124 e. The third-order valence-electron chi connectivity index (χ3n) is 3.21. The third kappa shape index (κ3) is 2.53. The van der Waals surface area contributed by atoms with Crippen molar-refractivity contribution in [1.29, 1.82) is 0 Å². The molecule has 1 aromatic heterocycles. The first-order chi connectivity index (χ1) is 8.70. The highest BCUT2D eigenvalue weighted by Crippen LogP contribution is 2.24. The second-order valence-corrected chi connectivity index (χ2v) is 5.93. The summed E-state index contributed by atoms with van der Waals surface area (Å²) in [5, 5.41) is 4.50. The summed E-state index contributed by atoms with van der Waals surface area (Å²) in [6, 6.07) is 5.33. The minimum absolute atomic E-state index is 0.187. The van der Waals surface area contributed by atoms with Crippen LogP contribution < -0.4 is 5.32 Å². The van der Waals surface area contributed by atoms with Crippen molar-refractivity contribution in [3.05, 3.63) is 29.0 Å². The molecule has 1 N–H and O–H groups in total. The van der Waals surface area contributed by atoms with E-state index in [0.717, 1.165) is 41.4 Å². The van der Waals surface area contributed by atoms with Gasteiger partial charge in [-0.15, -0.1) is 11.3 Å². The summed E-state index contributed by atoms with van der Waals surface area (Å²) in [7, 11) is 0. The van der Waals surface area contributed by atoms with Gasteiger partial charge >= 0.3 is 0 Å². The second-order valence-electron chi connectivity index (χ2n) is 4.81. The molecule has 0 aliphatic carbocycles. The minimum atomic E-state index is -0.187. The Hall–Kier alpha value is -1.04. The first kappa shape index (κ1) is 12.0.